The maximum Gasteiger partial charge on any atom is 0.119 e. The zero-order chi connectivity index (χ0) is 10.3. The van der Waals surface area contributed by atoms with Gasteiger partial charge in [-0.05, 0) is 24.8 Å². The van der Waals surface area contributed by atoms with E-state index in [1.165, 1.54) is 0 Å². The Hall–Kier alpha value is -1.44. The molecular formula is C12H11BO. The number of benzene rings is 2. The first-order chi connectivity index (χ1) is 6.63. The number of hydrogen-bond acceptors (Lipinski definition) is 1. The van der Waals surface area contributed by atoms with E-state index in [0.29, 0.717) is 5.46 Å². The molecule has 0 aliphatic carbocycles. The molecule has 0 heterocycles. The zero-order valence-electron chi connectivity index (χ0n) is 8.33. The van der Waals surface area contributed by atoms with Gasteiger partial charge in [0.2, 0.25) is 0 Å². The molecule has 1 nitrogen and oxygen atoms in total. The third-order valence-electron chi connectivity index (χ3n) is 2.81. The van der Waals surface area contributed by atoms with E-state index in [4.69, 9.17) is 7.85 Å². The van der Waals surface area contributed by atoms with Gasteiger partial charge >= 0.3 is 0 Å². The minimum atomic E-state index is 0.198. The van der Waals surface area contributed by atoms with Crippen LogP contribution in [0.25, 0.3) is 10.8 Å². The Kier molecular flexibility index (Phi) is 1.99. The fraction of sp³-hybridized carbons (Fsp3) is 0.167. The number of phenolic OH excluding ortho intramolecular Hbond substituents is 1. The molecule has 0 aliphatic heterocycles. The molecule has 0 saturated carbocycles. The van der Waals surface area contributed by atoms with Crippen LogP contribution in [0.2, 0.25) is 0 Å². The van der Waals surface area contributed by atoms with E-state index in [1.807, 2.05) is 38.1 Å². The Morgan fingerprint density at radius 1 is 1.00 bits per heavy atom. The van der Waals surface area contributed by atoms with Gasteiger partial charge in [0, 0.05) is 5.39 Å². The molecule has 2 rings (SSSR count). The maximum absolute atomic E-state index is 9.84. The summed E-state index contributed by atoms with van der Waals surface area (Å²) in [7, 11) is 5.80. The van der Waals surface area contributed by atoms with Gasteiger partial charge in [-0.2, -0.15) is 0 Å². The fourth-order valence-corrected chi connectivity index (χ4v) is 1.74. The highest BCUT2D eigenvalue weighted by Gasteiger charge is 2.08. The van der Waals surface area contributed by atoms with Gasteiger partial charge in [-0.3, -0.25) is 0 Å². The number of fused-ring (bicyclic) bond motifs is 1. The number of rotatable bonds is 0. The van der Waals surface area contributed by atoms with Crippen molar-refractivity contribution in [2.45, 2.75) is 13.8 Å². The van der Waals surface area contributed by atoms with Crippen molar-refractivity contribution in [2.24, 2.45) is 0 Å². The van der Waals surface area contributed by atoms with E-state index in [2.05, 4.69) is 0 Å². The van der Waals surface area contributed by atoms with Crippen LogP contribution < -0.4 is 5.46 Å². The summed E-state index contributed by atoms with van der Waals surface area (Å²) in [6.07, 6.45) is 0. The van der Waals surface area contributed by atoms with Crippen LogP contribution in [-0.2, 0) is 0 Å². The molecular weight excluding hydrogens is 171 g/mol. The molecule has 0 aliphatic rings. The summed E-state index contributed by atoms with van der Waals surface area (Å²) < 4.78 is 0. The highest BCUT2D eigenvalue weighted by molar-refractivity contribution is 6.37. The summed E-state index contributed by atoms with van der Waals surface area (Å²) >= 11 is 0. The summed E-state index contributed by atoms with van der Waals surface area (Å²) in [5, 5.41) is 11.7. The van der Waals surface area contributed by atoms with Crippen molar-refractivity contribution in [2.75, 3.05) is 0 Å². The number of hydrogen-bond donors (Lipinski definition) is 1. The summed E-state index contributed by atoms with van der Waals surface area (Å²) in [5.74, 6) is 0.198. The summed E-state index contributed by atoms with van der Waals surface area (Å²) in [5.41, 5.74) is 2.58. The van der Waals surface area contributed by atoms with Crippen molar-refractivity contribution in [1.29, 1.82) is 0 Å². The molecule has 0 aromatic heterocycles. The van der Waals surface area contributed by atoms with Crippen LogP contribution in [0.3, 0.4) is 0 Å². The van der Waals surface area contributed by atoms with Crippen molar-refractivity contribution in [1.82, 2.24) is 0 Å². The van der Waals surface area contributed by atoms with Crippen molar-refractivity contribution >= 4 is 24.1 Å². The lowest BCUT2D eigenvalue weighted by molar-refractivity contribution is 0.485. The van der Waals surface area contributed by atoms with Crippen molar-refractivity contribution in [3.63, 3.8) is 0 Å². The number of aromatic hydroxyl groups is 1. The largest absolute Gasteiger partial charge is 0.508 e. The van der Waals surface area contributed by atoms with Gasteiger partial charge in [0.15, 0.2) is 0 Å². The first kappa shape index (κ1) is 9.13. The first-order valence-corrected chi connectivity index (χ1v) is 4.59. The van der Waals surface area contributed by atoms with E-state index in [9.17, 15) is 5.11 Å². The van der Waals surface area contributed by atoms with E-state index in [0.717, 1.165) is 21.9 Å². The van der Waals surface area contributed by atoms with Crippen molar-refractivity contribution in [3.05, 3.63) is 35.4 Å². The van der Waals surface area contributed by atoms with Crippen LogP contribution in [-0.4, -0.2) is 13.0 Å². The third-order valence-corrected chi connectivity index (χ3v) is 2.81. The maximum atomic E-state index is 9.84. The molecule has 0 atom stereocenters. The third kappa shape index (κ3) is 1.11. The van der Waals surface area contributed by atoms with Crippen LogP contribution in [0.5, 0.6) is 5.75 Å². The van der Waals surface area contributed by atoms with Crippen LogP contribution in [0.4, 0.5) is 0 Å². The lowest BCUT2D eigenvalue weighted by Gasteiger charge is -2.12. The Morgan fingerprint density at radius 2 is 1.57 bits per heavy atom. The smallest absolute Gasteiger partial charge is 0.119 e. The molecule has 0 spiro atoms. The van der Waals surface area contributed by atoms with Gasteiger partial charge in [-0.15, -0.1) is 0 Å². The summed E-state index contributed by atoms with van der Waals surface area (Å²) in [6, 6.07) is 7.74. The van der Waals surface area contributed by atoms with Gasteiger partial charge < -0.3 is 5.11 Å². The van der Waals surface area contributed by atoms with Gasteiger partial charge in [0.1, 0.15) is 13.6 Å². The second-order valence-corrected chi connectivity index (χ2v) is 3.56. The van der Waals surface area contributed by atoms with Gasteiger partial charge in [0.25, 0.3) is 0 Å². The van der Waals surface area contributed by atoms with Crippen molar-refractivity contribution in [3.8, 4) is 5.75 Å². The molecule has 2 aromatic carbocycles. The second kappa shape index (κ2) is 3.05. The van der Waals surface area contributed by atoms with Crippen LogP contribution in [0.15, 0.2) is 24.3 Å². The normalized spacial score (nSPS) is 10.7. The standard InChI is InChI=1S/C12H11BO/c1-7-8(2)11(13)12(14)10-6-4-3-5-9(7)10/h3-6,14H,1-2H3. The molecule has 14 heavy (non-hydrogen) atoms. The van der Waals surface area contributed by atoms with Crippen LogP contribution in [0, 0.1) is 13.8 Å². The molecule has 2 aromatic rings. The second-order valence-electron chi connectivity index (χ2n) is 3.56. The highest BCUT2D eigenvalue weighted by Crippen LogP contribution is 2.27. The van der Waals surface area contributed by atoms with Crippen LogP contribution >= 0.6 is 0 Å². The van der Waals surface area contributed by atoms with Gasteiger partial charge in [-0.1, -0.05) is 35.3 Å². The summed E-state index contributed by atoms with van der Waals surface area (Å²) in [6.45, 7) is 3.95. The Morgan fingerprint density at radius 3 is 2.21 bits per heavy atom. The zero-order valence-corrected chi connectivity index (χ0v) is 8.33. The quantitative estimate of drug-likeness (QED) is 0.617. The highest BCUT2D eigenvalue weighted by atomic mass is 16.3. The lowest BCUT2D eigenvalue weighted by atomic mass is 9.84. The molecule has 1 N–H and O–H groups in total. The number of aryl methyl sites for hydroxylation is 1. The van der Waals surface area contributed by atoms with Gasteiger partial charge in [-0.25, -0.2) is 0 Å². The Balaban J connectivity index is 3.02. The minimum Gasteiger partial charge on any atom is -0.508 e. The molecule has 0 bridgehead atoms. The molecule has 0 unspecified atom stereocenters. The first-order valence-electron chi connectivity index (χ1n) is 4.59. The molecule has 0 amide bonds. The van der Waals surface area contributed by atoms with E-state index < -0.39 is 0 Å². The number of phenols is 1. The molecule has 68 valence electrons. The minimum absolute atomic E-state index is 0.198. The SMILES string of the molecule is [B]c1c(C)c(C)c2ccccc2c1O. The average Bonchev–Trinajstić information content (AvgIpc) is 2.23. The van der Waals surface area contributed by atoms with E-state index in [-0.39, 0.29) is 5.75 Å². The van der Waals surface area contributed by atoms with Gasteiger partial charge in [0.05, 0.1) is 0 Å². The molecule has 0 saturated heterocycles. The lowest BCUT2D eigenvalue weighted by Crippen LogP contribution is -2.10. The molecule has 2 heteroatoms. The molecule has 2 radical (unpaired) electrons. The summed E-state index contributed by atoms with van der Waals surface area (Å²) in [4.78, 5) is 0. The molecule has 0 fully saturated rings. The Labute approximate surface area is 84.8 Å². The van der Waals surface area contributed by atoms with Crippen molar-refractivity contribution < 1.29 is 5.11 Å². The topological polar surface area (TPSA) is 20.2 Å². The predicted molar refractivity (Wildman–Crippen MR) is 60.5 cm³/mol. The monoisotopic (exact) mass is 182 g/mol. The average molecular weight is 182 g/mol. The van der Waals surface area contributed by atoms with Crippen LogP contribution in [0.1, 0.15) is 11.1 Å². The fourth-order valence-electron chi connectivity index (χ4n) is 1.74. The Bertz CT molecular complexity index is 457. The van der Waals surface area contributed by atoms with E-state index >= 15 is 0 Å². The predicted octanol–water partition coefficient (Wildman–Crippen LogP) is 1.96. The van der Waals surface area contributed by atoms with E-state index in [1.54, 1.807) is 0 Å².